The van der Waals surface area contributed by atoms with Gasteiger partial charge in [0.15, 0.2) is 5.84 Å². The van der Waals surface area contributed by atoms with E-state index < -0.39 is 0 Å². The highest BCUT2D eigenvalue weighted by Gasteiger charge is 2.05. The summed E-state index contributed by atoms with van der Waals surface area (Å²) in [7, 11) is 0. The quantitative estimate of drug-likeness (QED) is 0.350. The van der Waals surface area contributed by atoms with Crippen LogP contribution in [0.4, 0.5) is 10.1 Å². The number of hydrogen-bond donors (Lipinski definition) is 3. The molecule has 4 nitrogen and oxygen atoms in total. The molecule has 0 radical (unpaired) electrons. The van der Waals surface area contributed by atoms with Crippen LogP contribution in [0.25, 0.3) is 0 Å². The zero-order valence-electron chi connectivity index (χ0n) is 11.4. The highest BCUT2D eigenvalue weighted by Crippen LogP contribution is 2.19. The van der Waals surface area contributed by atoms with Crippen molar-refractivity contribution in [1.82, 2.24) is 0 Å². The number of oxime groups is 1. The number of amidine groups is 1. The van der Waals surface area contributed by atoms with Crippen LogP contribution < -0.4 is 11.1 Å². The van der Waals surface area contributed by atoms with Crippen LogP contribution >= 0.6 is 11.6 Å². The van der Waals surface area contributed by atoms with Gasteiger partial charge in [-0.25, -0.2) is 4.39 Å². The molecule has 0 aromatic heterocycles. The van der Waals surface area contributed by atoms with Crippen molar-refractivity contribution < 1.29 is 9.60 Å². The minimum Gasteiger partial charge on any atom is -0.409 e. The van der Waals surface area contributed by atoms with Gasteiger partial charge in [0, 0.05) is 22.8 Å². The molecule has 110 valence electrons. The van der Waals surface area contributed by atoms with Crippen LogP contribution in [-0.2, 0) is 6.54 Å². The molecule has 0 saturated carbocycles. The van der Waals surface area contributed by atoms with E-state index in [1.165, 1.54) is 12.1 Å². The van der Waals surface area contributed by atoms with Gasteiger partial charge in [-0.1, -0.05) is 28.9 Å². The lowest BCUT2D eigenvalue weighted by Gasteiger charge is -2.11. The summed E-state index contributed by atoms with van der Waals surface area (Å²) in [6, 6.07) is 9.75. The summed E-state index contributed by atoms with van der Waals surface area (Å²) in [5, 5.41) is 15.1. The smallest absolute Gasteiger partial charge is 0.170 e. The maximum absolute atomic E-state index is 13.2. The maximum atomic E-state index is 13.2. The predicted octanol–water partition coefficient (Wildman–Crippen LogP) is 3.49. The molecule has 0 heterocycles. The molecule has 21 heavy (non-hydrogen) atoms. The fourth-order valence-electron chi connectivity index (χ4n) is 1.96. The van der Waals surface area contributed by atoms with Gasteiger partial charge in [0.25, 0.3) is 0 Å². The van der Waals surface area contributed by atoms with Crippen LogP contribution in [0.2, 0.25) is 5.02 Å². The maximum Gasteiger partial charge on any atom is 0.170 e. The van der Waals surface area contributed by atoms with Gasteiger partial charge < -0.3 is 16.3 Å². The minimum absolute atomic E-state index is 0.0644. The number of anilines is 1. The number of nitrogens with two attached hydrogens (primary N) is 1. The minimum atomic E-state index is -0.385. The van der Waals surface area contributed by atoms with Gasteiger partial charge in [0.2, 0.25) is 0 Å². The molecule has 0 atom stereocenters. The standard InChI is InChI=1S/C15H15ClFN3O/c1-9-4-10(15(18)20-21)2-3-11(9)8-19-14-6-12(16)5-13(17)7-14/h2-7,19,21H,8H2,1H3,(H2,18,20). The highest BCUT2D eigenvalue weighted by molar-refractivity contribution is 6.30. The lowest BCUT2D eigenvalue weighted by Crippen LogP contribution is -2.13. The zero-order valence-corrected chi connectivity index (χ0v) is 12.2. The van der Waals surface area contributed by atoms with E-state index in [9.17, 15) is 4.39 Å². The second-order valence-corrected chi connectivity index (χ2v) is 5.07. The topological polar surface area (TPSA) is 70.6 Å². The third-order valence-corrected chi connectivity index (χ3v) is 3.31. The molecule has 0 unspecified atom stereocenters. The summed E-state index contributed by atoms with van der Waals surface area (Å²) in [5.74, 6) is -0.321. The molecule has 2 aromatic carbocycles. The average molecular weight is 308 g/mol. The number of nitrogens with one attached hydrogen (secondary N) is 1. The zero-order chi connectivity index (χ0) is 15.4. The Hall–Kier alpha value is -2.27. The fraction of sp³-hybridized carbons (Fsp3) is 0.133. The molecular weight excluding hydrogens is 293 g/mol. The van der Waals surface area contributed by atoms with Gasteiger partial charge in [-0.15, -0.1) is 0 Å². The van der Waals surface area contributed by atoms with Crippen molar-refractivity contribution in [3.05, 3.63) is 63.9 Å². The van der Waals surface area contributed by atoms with Crippen molar-refractivity contribution in [3.63, 3.8) is 0 Å². The van der Waals surface area contributed by atoms with E-state index in [0.29, 0.717) is 22.8 Å². The first-order chi connectivity index (χ1) is 9.99. The van der Waals surface area contributed by atoms with E-state index >= 15 is 0 Å². The van der Waals surface area contributed by atoms with Gasteiger partial charge in [0.05, 0.1) is 0 Å². The molecule has 6 heteroatoms. The first-order valence-electron chi connectivity index (χ1n) is 6.27. The molecule has 0 aliphatic carbocycles. The molecular formula is C15H15ClFN3O. The van der Waals surface area contributed by atoms with Crippen molar-refractivity contribution in [2.24, 2.45) is 10.9 Å². The van der Waals surface area contributed by atoms with Gasteiger partial charge in [-0.05, 0) is 42.3 Å². The number of rotatable bonds is 4. The van der Waals surface area contributed by atoms with E-state index in [1.807, 2.05) is 19.1 Å². The molecule has 0 aliphatic rings. The van der Waals surface area contributed by atoms with E-state index in [1.54, 1.807) is 12.1 Å². The van der Waals surface area contributed by atoms with Crippen LogP contribution in [0, 0.1) is 12.7 Å². The largest absolute Gasteiger partial charge is 0.409 e. The Morgan fingerprint density at radius 3 is 2.71 bits per heavy atom. The first-order valence-corrected chi connectivity index (χ1v) is 6.65. The first kappa shape index (κ1) is 15.1. The summed E-state index contributed by atoms with van der Waals surface area (Å²) in [5.41, 5.74) is 8.80. The number of benzene rings is 2. The summed E-state index contributed by atoms with van der Waals surface area (Å²) in [6.07, 6.45) is 0. The molecule has 0 spiro atoms. The molecule has 0 fully saturated rings. The van der Waals surface area contributed by atoms with Gasteiger partial charge >= 0.3 is 0 Å². The Kier molecular flexibility index (Phi) is 4.65. The van der Waals surface area contributed by atoms with Gasteiger partial charge in [-0.2, -0.15) is 0 Å². The van der Waals surface area contributed by atoms with Crippen molar-refractivity contribution >= 4 is 23.1 Å². The van der Waals surface area contributed by atoms with Crippen LogP contribution in [-0.4, -0.2) is 11.0 Å². The Morgan fingerprint density at radius 1 is 1.33 bits per heavy atom. The van der Waals surface area contributed by atoms with Gasteiger partial charge in [-0.3, -0.25) is 0 Å². The van der Waals surface area contributed by atoms with Crippen molar-refractivity contribution in [1.29, 1.82) is 0 Å². The monoisotopic (exact) mass is 307 g/mol. The van der Waals surface area contributed by atoms with Gasteiger partial charge in [0.1, 0.15) is 5.82 Å². The normalized spacial score (nSPS) is 11.5. The summed E-state index contributed by atoms with van der Waals surface area (Å²) in [6.45, 7) is 2.44. The molecule has 0 aliphatic heterocycles. The predicted molar refractivity (Wildman–Crippen MR) is 82.4 cm³/mol. The number of halogens is 2. The lowest BCUT2D eigenvalue weighted by atomic mass is 10.0. The second kappa shape index (κ2) is 6.45. The van der Waals surface area contributed by atoms with Crippen LogP contribution in [0.3, 0.4) is 0 Å². The third-order valence-electron chi connectivity index (χ3n) is 3.09. The van der Waals surface area contributed by atoms with Crippen molar-refractivity contribution in [2.45, 2.75) is 13.5 Å². The Bertz CT molecular complexity index is 668. The summed E-state index contributed by atoms with van der Waals surface area (Å²) < 4.78 is 13.2. The van der Waals surface area contributed by atoms with E-state index in [2.05, 4.69) is 10.5 Å². The van der Waals surface area contributed by atoms with Crippen LogP contribution in [0.1, 0.15) is 16.7 Å². The van der Waals surface area contributed by atoms with E-state index in [4.69, 9.17) is 22.5 Å². The second-order valence-electron chi connectivity index (χ2n) is 4.64. The van der Waals surface area contributed by atoms with E-state index in [-0.39, 0.29) is 11.7 Å². The SMILES string of the molecule is Cc1cc(/C(N)=N/O)ccc1CNc1cc(F)cc(Cl)c1. The van der Waals surface area contributed by atoms with Crippen molar-refractivity contribution in [2.75, 3.05) is 5.32 Å². The Labute approximate surface area is 127 Å². The highest BCUT2D eigenvalue weighted by atomic mass is 35.5. The number of nitrogens with zero attached hydrogens (tertiary/aromatic N) is 1. The number of hydrogen-bond acceptors (Lipinski definition) is 3. The van der Waals surface area contributed by atoms with Crippen molar-refractivity contribution in [3.8, 4) is 0 Å². The van der Waals surface area contributed by atoms with Crippen LogP contribution in [0.15, 0.2) is 41.6 Å². The molecule has 2 rings (SSSR count). The number of aryl methyl sites for hydroxylation is 1. The molecule has 0 bridgehead atoms. The summed E-state index contributed by atoms with van der Waals surface area (Å²) >= 11 is 5.80. The molecule has 0 amide bonds. The summed E-state index contributed by atoms with van der Waals surface area (Å²) in [4.78, 5) is 0. The van der Waals surface area contributed by atoms with E-state index in [0.717, 1.165) is 11.1 Å². The molecule has 0 saturated heterocycles. The third kappa shape index (κ3) is 3.86. The average Bonchev–Trinajstić information content (AvgIpc) is 2.44. The Balaban J connectivity index is 2.13. The fourth-order valence-corrected chi connectivity index (χ4v) is 2.19. The molecule has 4 N–H and O–H groups in total. The van der Waals surface area contributed by atoms with Crippen LogP contribution in [0.5, 0.6) is 0 Å². The lowest BCUT2D eigenvalue weighted by molar-refractivity contribution is 0.318. The molecule has 2 aromatic rings. The Morgan fingerprint density at radius 2 is 2.10 bits per heavy atom.